The molecule has 30 heavy (non-hydrogen) atoms. The van der Waals surface area contributed by atoms with Gasteiger partial charge in [0, 0.05) is 24.3 Å². The Morgan fingerprint density at radius 3 is 2.87 bits per heavy atom. The lowest BCUT2D eigenvalue weighted by Crippen LogP contribution is -2.45. The average molecular weight is 434 g/mol. The van der Waals surface area contributed by atoms with Crippen molar-refractivity contribution in [3.05, 3.63) is 46.7 Å². The van der Waals surface area contributed by atoms with Crippen LogP contribution in [0.4, 0.5) is 0 Å². The summed E-state index contributed by atoms with van der Waals surface area (Å²) in [5.41, 5.74) is 0.657. The number of nitrogens with one attached hydrogen (secondary N) is 3. The van der Waals surface area contributed by atoms with Gasteiger partial charge in [-0.05, 0) is 44.0 Å². The predicted octanol–water partition coefficient (Wildman–Crippen LogP) is 1.61. The second-order valence-corrected chi connectivity index (χ2v) is 7.52. The lowest BCUT2D eigenvalue weighted by Gasteiger charge is -2.23. The number of benzene rings is 1. The zero-order valence-electron chi connectivity index (χ0n) is 16.6. The molecule has 2 heterocycles. The van der Waals surface area contributed by atoms with E-state index in [-0.39, 0.29) is 36.9 Å². The van der Waals surface area contributed by atoms with Crippen molar-refractivity contribution in [2.24, 2.45) is 0 Å². The molecule has 0 aliphatic carbocycles. The summed E-state index contributed by atoms with van der Waals surface area (Å²) >= 11 is 6.04. The van der Waals surface area contributed by atoms with E-state index in [1.807, 2.05) is 0 Å². The van der Waals surface area contributed by atoms with E-state index in [1.165, 1.54) is 11.1 Å². The maximum Gasteiger partial charge on any atom is 0.272 e. The summed E-state index contributed by atoms with van der Waals surface area (Å²) in [5.74, 6) is -0.491. The Kier molecular flexibility index (Phi) is 7.29. The van der Waals surface area contributed by atoms with Crippen LogP contribution in [0.3, 0.4) is 0 Å². The quantitative estimate of drug-likeness (QED) is 0.631. The van der Waals surface area contributed by atoms with Gasteiger partial charge >= 0.3 is 0 Å². The highest BCUT2D eigenvalue weighted by Crippen LogP contribution is 2.23. The number of halogens is 1. The molecule has 2 aromatic rings. The molecule has 0 unspecified atom stereocenters. The standard InChI is InChI=1S/C20H24ClN5O4/c1-13-12-30-17-5-4-14(21)10-15(17)19(28)22-7-2-3-9-26(11-18(27)24-13)20(29)16-6-8-23-25-16/h4-6,8,10,13H,2-3,7,9,11-12H2,1H3,(H,22,28)(H,23,25)(H,24,27)/t13-/m0/s1. The van der Waals surface area contributed by atoms with Crippen LogP contribution in [0.25, 0.3) is 0 Å². The molecule has 3 amide bonds. The Bertz CT molecular complexity index is 903. The van der Waals surface area contributed by atoms with Crippen LogP contribution in [0.1, 0.15) is 40.6 Å². The van der Waals surface area contributed by atoms with E-state index in [4.69, 9.17) is 16.3 Å². The fourth-order valence-corrected chi connectivity index (χ4v) is 3.25. The molecule has 1 aliphatic rings. The summed E-state index contributed by atoms with van der Waals surface area (Å²) in [4.78, 5) is 39.2. The van der Waals surface area contributed by atoms with Gasteiger partial charge in [0.15, 0.2) is 0 Å². The lowest BCUT2D eigenvalue weighted by molar-refractivity contribution is -0.122. The van der Waals surface area contributed by atoms with Gasteiger partial charge in [0.1, 0.15) is 18.1 Å². The van der Waals surface area contributed by atoms with Crippen molar-refractivity contribution in [2.75, 3.05) is 26.2 Å². The minimum Gasteiger partial charge on any atom is -0.491 e. The summed E-state index contributed by atoms with van der Waals surface area (Å²) in [5, 5.41) is 12.5. The molecule has 160 valence electrons. The summed E-state index contributed by atoms with van der Waals surface area (Å²) in [6, 6.07) is 6.06. The number of ether oxygens (including phenoxy) is 1. The number of rotatable bonds is 1. The van der Waals surface area contributed by atoms with Crippen molar-refractivity contribution in [3.63, 3.8) is 0 Å². The van der Waals surface area contributed by atoms with Gasteiger partial charge in [-0.1, -0.05) is 11.6 Å². The number of H-pyrrole nitrogens is 1. The summed E-state index contributed by atoms with van der Waals surface area (Å²) in [7, 11) is 0. The van der Waals surface area contributed by atoms with Gasteiger partial charge in [0.05, 0.1) is 18.2 Å². The fraction of sp³-hybridized carbons (Fsp3) is 0.400. The highest BCUT2D eigenvalue weighted by molar-refractivity contribution is 6.31. The number of amides is 3. The first kappa shape index (κ1) is 21.6. The van der Waals surface area contributed by atoms with Gasteiger partial charge in [-0.25, -0.2) is 0 Å². The number of nitrogens with zero attached hydrogens (tertiary/aromatic N) is 2. The number of aromatic nitrogens is 2. The molecule has 3 N–H and O–H groups in total. The molecular formula is C20H24ClN5O4. The normalized spacial score (nSPS) is 18.9. The first-order valence-electron chi connectivity index (χ1n) is 9.72. The van der Waals surface area contributed by atoms with Crippen molar-refractivity contribution >= 4 is 29.3 Å². The van der Waals surface area contributed by atoms with Crippen molar-refractivity contribution in [1.29, 1.82) is 0 Å². The molecular weight excluding hydrogens is 410 g/mol. The minimum atomic E-state index is -0.335. The Labute approximate surface area is 179 Å². The van der Waals surface area contributed by atoms with Crippen LogP contribution in [0.5, 0.6) is 5.75 Å². The molecule has 0 bridgehead atoms. The first-order chi connectivity index (χ1) is 14.4. The minimum absolute atomic E-state index is 0.0826. The Morgan fingerprint density at radius 1 is 1.27 bits per heavy atom. The number of hydrogen-bond acceptors (Lipinski definition) is 5. The van der Waals surface area contributed by atoms with E-state index < -0.39 is 0 Å². The molecule has 1 aliphatic heterocycles. The van der Waals surface area contributed by atoms with Crippen molar-refractivity contribution in [1.82, 2.24) is 25.7 Å². The van der Waals surface area contributed by atoms with E-state index >= 15 is 0 Å². The molecule has 0 radical (unpaired) electrons. The molecule has 0 saturated heterocycles. The third-order valence-corrected chi connectivity index (χ3v) is 4.81. The van der Waals surface area contributed by atoms with Crippen LogP contribution in [0.15, 0.2) is 30.5 Å². The van der Waals surface area contributed by atoms with Crippen LogP contribution >= 0.6 is 11.6 Å². The largest absolute Gasteiger partial charge is 0.491 e. The predicted molar refractivity (Wildman–Crippen MR) is 111 cm³/mol. The SMILES string of the molecule is C[C@H]1COc2ccc(Cl)cc2C(=O)NCCCCN(C(=O)c2ccn[nH]2)CC(=O)N1. The van der Waals surface area contributed by atoms with Crippen molar-refractivity contribution in [2.45, 2.75) is 25.8 Å². The van der Waals surface area contributed by atoms with Gasteiger partial charge < -0.3 is 20.3 Å². The highest BCUT2D eigenvalue weighted by atomic mass is 35.5. The smallest absolute Gasteiger partial charge is 0.272 e. The molecule has 10 heteroatoms. The Morgan fingerprint density at radius 2 is 2.10 bits per heavy atom. The van der Waals surface area contributed by atoms with Crippen LogP contribution in [0, 0.1) is 0 Å². The second-order valence-electron chi connectivity index (χ2n) is 7.08. The summed E-state index contributed by atoms with van der Waals surface area (Å²) in [6.07, 6.45) is 2.73. The van der Waals surface area contributed by atoms with E-state index in [0.717, 1.165) is 0 Å². The number of carbonyl (C=O) groups excluding carboxylic acids is 3. The van der Waals surface area contributed by atoms with Gasteiger partial charge in [0.2, 0.25) is 5.91 Å². The zero-order chi connectivity index (χ0) is 21.5. The number of aromatic amines is 1. The number of fused-ring (bicyclic) bond motifs is 1. The lowest BCUT2D eigenvalue weighted by atomic mass is 10.2. The Hall–Kier alpha value is -3.07. The van der Waals surface area contributed by atoms with Gasteiger partial charge in [-0.2, -0.15) is 5.10 Å². The molecule has 3 rings (SSSR count). The molecule has 0 spiro atoms. The van der Waals surface area contributed by atoms with E-state index in [2.05, 4.69) is 20.8 Å². The molecule has 0 saturated carbocycles. The summed E-state index contributed by atoms with van der Waals surface area (Å²) < 4.78 is 5.75. The molecule has 9 nitrogen and oxygen atoms in total. The third-order valence-electron chi connectivity index (χ3n) is 4.58. The average Bonchev–Trinajstić information content (AvgIpc) is 3.25. The molecule has 1 aromatic carbocycles. The maximum absolute atomic E-state index is 12.7. The van der Waals surface area contributed by atoms with Gasteiger partial charge in [-0.3, -0.25) is 19.5 Å². The van der Waals surface area contributed by atoms with Crippen LogP contribution in [-0.2, 0) is 4.79 Å². The Balaban J connectivity index is 1.74. The first-order valence-corrected chi connectivity index (χ1v) is 10.1. The van der Waals surface area contributed by atoms with Crippen LogP contribution < -0.4 is 15.4 Å². The second kappa shape index (κ2) is 10.1. The molecule has 1 aromatic heterocycles. The number of carbonyl (C=O) groups is 3. The maximum atomic E-state index is 12.7. The fourth-order valence-electron chi connectivity index (χ4n) is 3.08. The van der Waals surface area contributed by atoms with Crippen LogP contribution in [-0.4, -0.2) is 65.1 Å². The van der Waals surface area contributed by atoms with Crippen molar-refractivity contribution < 1.29 is 19.1 Å². The monoisotopic (exact) mass is 433 g/mol. The van der Waals surface area contributed by atoms with Gasteiger partial charge in [-0.15, -0.1) is 0 Å². The topological polar surface area (TPSA) is 116 Å². The van der Waals surface area contributed by atoms with Gasteiger partial charge in [0.25, 0.3) is 11.8 Å². The number of hydrogen-bond donors (Lipinski definition) is 3. The molecule has 1 atom stereocenters. The van der Waals surface area contributed by atoms with Crippen molar-refractivity contribution in [3.8, 4) is 5.75 Å². The molecule has 0 fully saturated rings. The summed E-state index contributed by atoms with van der Waals surface area (Å²) in [6.45, 7) is 2.64. The third kappa shape index (κ3) is 5.73. The van der Waals surface area contributed by atoms with Crippen LogP contribution in [0.2, 0.25) is 5.02 Å². The highest BCUT2D eigenvalue weighted by Gasteiger charge is 2.21. The zero-order valence-corrected chi connectivity index (χ0v) is 17.4. The van der Waals surface area contributed by atoms with E-state index in [1.54, 1.807) is 31.2 Å². The van der Waals surface area contributed by atoms with E-state index in [0.29, 0.717) is 48.0 Å². The van der Waals surface area contributed by atoms with E-state index in [9.17, 15) is 14.4 Å².